The maximum absolute atomic E-state index is 5.54. The zero-order valence-electron chi connectivity index (χ0n) is 10.0. The Morgan fingerprint density at radius 3 is 3.00 bits per heavy atom. The highest BCUT2D eigenvalue weighted by Crippen LogP contribution is 2.20. The maximum Gasteiger partial charge on any atom is 0.222 e. The van der Waals surface area contributed by atoms with Crippen molar-refractivity contribution in [3.05, 3.63) is 36.0 Å². The molecule has 0 radical (unpaired) electrons. The summed E-state index contributed by atoms with van der Waals surface area (Å²) in [5.74, 6) is 1.03. The van der Waals surface area contributed by atoms with Crippen molar-refractivity contribution in [1.29, 1.82) is 0 Å². The first-order valence-electron chi connectivity index (χ1n) is 5.84. The fourth-order valence-corrected chi connectivity index (χ4v) is 1.90. The van der Waals surface area contributed by atoms with Gasteiger partial charge in [-0.1, -0.05) is 25.1 Å². The van der Waals surface area contributed by atoms with E-state index < -0.39 is 0 Å². The van der Waals surface area contributed by atoms with Crippen LogP contribution in [-0.2, 0) is 6.42 Å². The van der Waals surface area contributed by atoms with Crippen molar-refractivity contribution in [3.63, 3.8) is 0 Å². The first-order valence-corrected chi connectivity index (χ1v) is 5.84. The number of nitrogens with zero attached hydrogens (tertiary/aromatic N) is 3. The summed E-state index contributed by atoms with van der Waals surface area (Å²) in [5.41, 5.74) is 9.25. The molecule has 0 amide bonds. The topological polar surface area (TPSA) is 80.5 Å². The zero-order valence-corrected chi connectivity index (χ0v) is 10.0. The van der Waals surface area contributed by atoms with Gasteiger partial charge in [0, 0.05) is 5.56 Å². The number of nitrogens with two attached hydrogens (primary N) is 1. The van der Waals surface area contributed by atoms with E-state index in [0.29, 0.717) is 5.65 Å². The number of hydrogen-bond donors (Lipinski definition) is 2. The van der Waals surface area contributed by atoms with Crippen LogP contribution in [0.4, 0.5) is 5.95 Å². The van der Waals surface area contributed by atoms with Crippen molar-refractivity contribution in [2.75, 3.05) is 5.73 Å². The van der Waals surface area contributed by atoms with Gasteiger partial charge in [-0.05, 0) is 18.1 Å². The number of aryl methyl sites for hydroxylation is 1. The number of aromatic nitrogens is 4. The standard InChI is InChI=1S/C13H13N5/c1-2-8-4-3-5-9(6-8)11-16-10-7-15-13(14)18-12(10)17-11/h3-7H,2H2,1H3,(H3,14,15,16,17,18). The van der Waals surface area contributed by atoms with E-state index >= 15 is 0 Å². The second-order valence-corrected chi connectivity index (χ2v) is 4.10. The Morgan fingerprint density at radius 2 is 2.17 bits per heavy atom. The zero-order chi connectivity index (χ0) is 12.5. The van der Waals surface area contributed by atoms with E-state index in [4.69, 9.17) is 5.73 Å². The van der Waals surface area contributed by atoms with Crippen LogP contribution in [0.3, 0.4) is 0 Å². The Bertz CT molecular complexity index is 701. The van der Waals surface area contributed by atoms with Gasteiger partial charge in [-0.2, -0.15) is 4.98 Å². The third-order valence-corrected chi connectivity index (χ3v) is 2.87. The van der Waals surface area contributed by atoms with Crippen molar-refractivity contribution in [1.82, 2.24) is 19.9 Å². The summed E-state index contributed by atoms with van der Waals surface area (Å²) in [6, 6.07) is 8.27. The number of rotatable bonds is 2. The number of benzene rings is 1. The molecule has 0 aliphatic carbocycles. The maximum atomic E-state index is 5.54. The van der Waals surface area contributed by atoms with E-state index in [1.807, 2.05) is 12.1 Å². The number of aromatic amines is 1. The van der Waals surface area contributed by atoms with Crippen LogP contribution in [0.5, 0.6) is 0 Å². The van der Waals surface area contributed by atoms with Crippen LogP contribution < -0.4 is 5.73 Å². The summed E-state index contributed by atoms with van der Waals surface area (Å²) in [7, 11) is 0. The van der Waals surface area contributed by atoms with Crippen LogP contribution in [0.25, 0.3) is 22.6 Å². The minimum atomic E-state index is 0.239. The fourth-order valence-electron chi connectivity index (χ4n) is 1.90. The lowest BCUT2D eigenvalue weighted by molar-refractivity contribution is 1.14. The first kappa shape index (κ1) is 10.7. The molecule has 0 atom stereocenters. The second kappa shape index (κ2) is 4.10. The Kier molecular flexibility index (Phi) is 2.44. The van der Waals surface area contributed by atoms with Crippen molar-refractivity contribution in [2.45, 2.75) is 13.3 Å². The van der Waals surface area contributed by atoms with Gasteiger partial charge in [-0.3, -0.25) is 0 Å². The highest BCUT2D eigenvalue weighted by atomic mass is 15.1. The lowest BCUT2D eigenvalue weighted by atomic mass is 10.1. The van der Waals surface area contributed by atoms with E-state index in [0.717, 1.165) is 23.3 Å². The Hall–Kier alpha value is -2.43. The highest BCUT2D eigenvalue weighted by molar-refractivity contribution is 5.75. The Balaban J connectivity index is 2.13. The largest absolute Gasteiger partial charge is 0.368 e. The molecule has 3 aromatic rings. The molecule has 0 fully saturated rings. The second-order valence-electron chi connectivity index (χ2n) is 4.10. The number of nitrogen functional groups attached to an aromatic ring is 1. The highest BCUT2D eigenvalue weighted by Gasteiger charge is 2.07. The van der Waals surface area contributed by atoms with Crippen molar-refractivity contribution < 1.29 is 0 Å². The molecule has 1 aromatic carbocycles. The SMILES string of the molecule is CCc1cccc(-c2nc3nc(N)ncc3[nH]2)c1. The van der Waals surface area contributed by atoms with Crippen LogP contribution in [0.1, 0.15) is 12.5 Å². The minimum absolute atomic E-state index is 0.239. The molecule has 5 heteroatoms. The molecule has 0 spiro atoms. The minimum Gasteiger partial charge on any atom is -0.368 e. The van der Waals surface area contributed by atoms with Crippen LogP contribution >= 0.6 is 0 Å². The van der Waals surface area contributed by atoms with Gasteiger partial charge in [0.2, 0.25) is 5.95 Å². The van der Waals surface area contributed by atoms with Gasteiger partial charge < -0.3 is 10.7 Å². The van der Waals surface area contributed by atoms with Crippen molar-refractivity contribution in [3.8, 4) is 11.4 Å². The summed E-state index contributed by atoms with van der Waals surface area (Å²) >= 11 is 0. The van der Waals surface area contributed by atoms with Crippen LogP contribution in [-0.4, -0.2) is 19.9 Å². The molecule has 3 rings (SSSR count). The Morgan fingerprint density at radius 1 is 1.28 bits per heavy atom. The average molecular weight is 239 g/mol. The van der Waals surface area contributed by atoms with Gasteiger partial charge in [0.1, 0.15) is 11.3 Å². The predicted molar refractivity (Wildman–Crippen MR) is 70.9 cm³/mol. The molecule has 0 aliphatic rings. The van der Waals surface area contributed by atoms with Crippen molar-refractivity contribution in [2.24, 2.45) is 0 Å². The lowest BCUT2D eigenvalue weighted by Gasteiger charge is -1.99. The van der Waals surface area contributed by atoms with E-state index in [2.05, 4.69) is 39.0 Å². The van der Waals surface area contributed by atoms with E-state index in [-0.39, 0.29) is 5.95 Å². The predicted octanol–water partition coefficient (Wildman–Crippen LogP) is 2.16. The van der Waals surface area contributed by atoms with Gasteiger partial charge >= 0.3 is 0 Å². The molecular weight excluding hydrogens is 226 g/mol. The first-order chi connectivity index (χ1) is 8.76. The normalized spacial score (nSPS) is 10.9. The van der Waals surface area contributed by atoms with E-state index in [1.54, 1.807) is 6.20 Å². The molecular formula is C13H13N5. The quantitative estimate of drug-likeness (QED) is 0.718. The van der Waals surface area contributed by atoms with Crippen LogP contribution in [0.2, 0.25) is 0 Å². The summed E-state index contributed by atoms with van der Waals surface area (Å²) in [5, 5.41) is 0. The number of hydrogen-bond acceptors (Lipinski definition) is 4. The van der Waals surface area contributed by atoms with Crippen LogP contribution in [0.15, 0.2) is 30.5 Å². The molecule has 0 aliphatic heterocycles. The molecule has 18 heavy (non-hydrogen) atoms. The third-order valence-electron chi connectivity index (χ3n) is 2.87. The van der Waals surface area contributed by atoms with Gasteiger partial charge in [0.05, 0.1) is 6.20 Å². The van der Waals surface area contributed by atoms with Crippen LogP contribution in [0, 0.1) is 0 Å². The van der Waals surface area contributed by atoms with Gasteiger partial charge in [0.25, 0.3) is 0 Å². The molecule has 0 unspecified atom stereocenters. The lowest BCUT2D eigenvalue weighted by Crippen LogP contribution is -1.93. The Labute approximate surface area is 104 Å². The molecule has 2 heterocycles. The van der Waals surface area contributed by atoms with Gasteiger partial charge in [-0.25, -0.2) is 9.97 Å². The van der Waals surface area contributed by atoms with E-state index in [9.17, 15) is 0 Å². The molecule has 0 saturated heterocycles. The summed E-state index contributed by atoms with van der Waals surface area (Å²) in [4.78, 5) is 15.7. The summed E-state index contributed by atoms with van der Waals surface area (Å²) in [6.45, 7) is 2.13. The molecule has 0 bridgehead atoms. The molecule has 2 aromatic heterocycles. The molecule has 0 saturated carbocycles. The summed E-state index contributed by atoms with van der Waals surface area (Å²) in [6.07, 6.45) is 2.65. The van der Waals surface area contributed by atoms with E-state index in [1.165, 1.54) is 5.56 Å². The number of H-pyrrole nitrogens is 1. The smallest absolute Gasteiger partial charge is 0.222 e. The monoisotopic (exact) mass is 239 g/mol. The fraction of sp³-hybridized carbons (Fsp3) is 0.154. The van der Waals surface area contributed by atoms with Gasteiger partial charge in [-0.15, -0.1) is 0 Å². The third kappa shape index (κ3) is 1.79. The molecule has 90 valence electrons. The molecule has 5 nitrogen and oxygen atoms in total. The van der Waals surface area contributed by atoms with Crippen molar-refractivity contribution >= 4 is 17.1 Å². The number of fused-ring (bicyclic) bond motifs is 1. The number of imidazole rings is 1. The molecule has 3 N–H and O–H groups in total. The number of nitrogens with one attached hydrogen (secondary N) is 1. The number of anilines is 1. The van der Waals surface area contributed by atoms with Gasteiger partial charge in [0.15, 0.2) is 5.65 Å². The average Bonchev–Trinajstić information content (AvgIpc) is 2.81. The summed E-state index contributed by atoms with van der Waals surface area (Å²) < 4.78 is 0.